The van der Waals surface area contributed by atoms with Gasteiger partial charge in [-0.1, -0.05) is 0 Å². The first kappa shape index (κ1) is 21.7. The van der Waals surface area contributed by atoms with E-state index in [9.17, 15) is 35.5 Å². The minimum absolute atomic E-state index is 0.0542. The highest BCUT2D eigenvalue weighted by molar-refractivity contribution is 6.06. The van der Waals surface area contributed by atoms with Crippen molar-refractivity contribution in [3.63, 3.8) is 0 Å². The van der Waals surface area contributed by atoms with Crippen LogP contribution in [0.4, 0.5) is 42.1 Å². The van der Waals surface area contributed by atoms with Gasteiger partial charge in [0.15, 0.2) is 0 Å². The highest BCUT2D eigenvalue weighted by Crippen LogP contribution is 2.37. The van der Waals surface area contributed by atoms with E-state index >= 15 is 0 Å². The topological polar surface area (TPSA) is 64.9 Å². The molecule has 0 aliphatic carbocycles. The predicted octanol–water partition coefficient (Wildman–Crippen LogP) is 5.32. The zero-order valence-electron chi connectivity index (χ0n) is 14.1. The van der Waals surface area contributed by atoms with Crippen molar-refractivity contribution in [3.05, 3.63) is 71.2 Å². The van der Waals surface area contributed by atoms with Crippen molar-refractivity contribution in [1.29, 1.82) is 5.26 Å². The lowest BCUT2D eigenvalue weighted by molar-refractivity contribution is -0.143. The van der Waals surface area contributed by atoms with Crippen LogP contribution >= 0.6 is 0 Å². The molecule has 2 rings (SSSR count). The summed E-state index contributed by atoms with van der Waals surface area (Å²) in [5, 5.41) is 13.3. The third-order valence-corrected chi connectivity index (χ3v) is 3.44. The Labute approximate surface area is 159 Å². The van der Waals surface area contributed by atoms with Gasteiger partial charge in [0.05, 0.1) is 11.1 Å². The largest absolute Gasteiger partial charge is 0.416 e. The summed E-state index contributed by atoms with van der Waals surface area (Å²) in [7, 11) is 0. The fourth-order valence-corrected chi connectivity index (χ4v) is 2.07. The number of benzene rings is 2. The fourth-order valence-electron chi connectivity index (χ4n) is 2.07. The van der Waals surface area contributed by atoms with Gasteiger partial charge in [-0.2, -0.15) is 31.6 Å². The van der Waals surface area contributed by atoms with Crippen LogP contribution in [0.3, 0.4) is 0 Å². The van der Waals surface area contributed by atoms with E-state index in [0.717, 1.165) is 12.1 Å². The van der Waals surface area contributed by atoms with Crippen molar-refractivity contribution < 1.29 is 35.5 Å². The van der Waals surface area contributed by atoms with E-state index in [2.05, 4.69) is 10.6 Å². The molecule has 0 spiro atoms. The Balaban J connectivity index is 2.28. The van der Waals surface area contributed by atoms with Crippen molar-refractivity contribution in [2.75, 3.05) is 10.6 Å². The highest BCUT2D eigenvalue weighted by Gasteiger charge is 2.36. The monoisotopic (exact) mass is 417 g/mol. The third kappa shape index (κ3) is 5.97. The maximum atomic E-state index is 12.8. The van der Waals surface area contributed by atoms with Crippen LogP contribution in [0.1, 0.15) is 11.1 Å². The molecule has 0 aliphatic rings. The summed E-state index contributed by atoms with van der Waals surface area (Å²) in [6.45, 7) is 0. The molecule has 0 atom stereocenters. The molecular weight excluding hydrogens is 407 g/mol. The number of carbonyl (C=O) groups is 1. The van der Waals surface area contributed by atoms with Crippen LogP contribution in [-0.4, -0.2) is 5.91 Å². The van der Waals surface area contributed by atoms with Gasteiger partial charge in [-0.3, -0.25) is 4.79 Å². The summed E-state index contributed by atoms with van der Waals surface area (Å²) in [6.07, 6.45) is -9.42. The average molecular weight is 417 g/mol. The third-order valence-electron chi connectivity index (χ3n) is 3.44. The van der Waals surface area contributed by atoms with Gasteiger partial charge in [0, 0.05) is 17.6 Å². The molecule has 0 fully saturated rings. The number of nitrogens with one attached hydrogen (secondary N) is 2. The zero-order valence-corrected chi connectivity index (χ0v) is 14.1. The summed E-state index contributed by atoms with van der Waals surface area (Å²) < 4.78 is 89.9. The van der Waals surface area contributed by atoms with Gasteiger partial charge in [0.1, 0.15) is 17.5 Å². The Morgan fingerprint density at radius 2 is 1.41 bits per heavy atom. The van der Waals surface area contributed by atoms with E-state index < -0.39 is 46.5 Å². The smallest absolute Gasteiger partial charge is 0.360 e. The maximum absolute atomic E-state index is 12.8. The Morgan fingerprint density at radius 3 is 1.86 bits per heavy atom. The lowest BCUT2D eigenvalue weighted by Crippen LogP contribution is -2.15. The molecule has 2 aromatic carbocycles. The molecule has 0 saturated heterocycles. The molecule has 0 bridgehead atoms. The number of alkyl halides is 6. The summed E-state index contributed by atoms with van der Waals surface area (Å²) in [5.41, 5.74) is -4.26. The fraction of sp³-hybridized carbons (Fsp3) is 0.111. The van der Waals surface area contributed by atoms with Crippen LogP contribution in [0.15, 0.2) is 54.2 Å². The molecule has 0 saturated carbocycles. The number of anilines is 2. The first-order valence-electron chi connectivity index (χ1n) is 7.63. The van der Waals surface area contributed by atoms with Gasteiger partial charge >= 0.3 is 12.4 Å². The second kappa shape index (κ2) is 8.22. The van der Waals surface area contributed by atoms with Gasteiger partial charge < -0.3 is 10.6 Å². The standard InChI is InChI=1S/C18H10F7N3O/c19-13-1-3-14(4-2-13)28-16(29)10(8-26)9-27-15-6-11(17(20,21)22)5-12(7-15)18(23,24)25/h1-7,9,27H,(H,28,29)/b10-9+. The van der Waals surface area contributed by atoms with Crippen LogP contribution in [0.25, 0.3) is 0 Å². The lowest BCUT2D eigenvalue weighted by atomic mass is 10.1. The van der Waals surface area contributed by atoms with Crippen molar-refractivity contribution in [2.24, 2.45) is 0 Å². The SMILES string of the molecule is N#C/C(=C\Nc1cc(C(F)(F)F)cc(C(F)(F)F)c1)C(=O)Nc1ccc(F)cc1. The van der Waals surface area contributed by atoms with E-state index in [1.54, 1.807) is 0 Å². The average Bonchev–Trinajstić information content (AvgIpc) is 2.62. The minimum Gasteiger partial charge on any atom is -0.360 e. The molecular formula is C18H10F7N3O. The molecule has 0 heterocycles. The van der Waals surface area contributed by atoms with E-state index in [-0.39, 0.29) is 11.8 Å². The second-order valence-corrected chi connectivity index (χ2v) is 5.57. The number of amides is 1. The van der Waals surface area contributed by atoms with E-state index in [4.69, 9.17) is 5.26 Å². The lowest BCUT2D eigenvalue weighted by Gasteiger charge is -2.14. The Kier molecular flexibility index (Phi) is 6.16. The molecule has 29 heavy (non-hydrogen) atoms. The molecule has 152 valence electrons. The summed E-state index contributed by atoms with van der Waals surface area (Å²) in [5.74, 6) is -1.58. The van der Waals surface area contributed by atoms with Crippen LogP contribution in [0.2, 0.25) is 0 Å². The maximum Gasteiger partial charge on any atom is 0.416 e. The Bertz CT molecular complexity index is 939. The first-order valence-corrected chi connectivity index (χ1v) is 7.63. The quantitative estimate of drug-likeness (QED) is 0.402. The summed E-state index contributed by atoms with van der Waals surface area (Å²) >= 11 is 0. The van der Waals surface area contributed by atoms with Crippen LogP contribution in [0, 0.1) is 17.1 Å². The normalized spacial score (nSPS) is 12.3. The van der Waals surface area contributed by atoms with Crippen LogP contribution in [0.5, 0.6) is 0 Å². The van der Waals surface area contributed by atoms with Crippen LogP contribution in [-0.2, 0) is 17.1 Å². The first-order chi connectivity index (χ1) is 13.4. The molecule has 0 aromatic heterocycles. The minimum atomic E-state index is -5.04. The van der Waals surface area contributed by atoms with Crippen molar-refractivity contribution >= 4 is 17.3 Å². The van der Waals surface area contributed by atoms with Gasteiger partial charge in [0.25, 0.3) is 5.91 Å². The Hall–Kier alpha value is -3.55. The molecule has 0 aliphatic heterocycles. The number of nitrogens with zero attached hydrogens (tertiary/aromatic N) is 1. The number of hydrogen-bond acceptors (Lipinski definition) is 3. The zero-order chi connectivity index (χ0) is 21.8. The van der Waals surface area contributed by atoms with Gasteiger partial charge in [0.2, 0.25) is 0 Å². The number of nitriles is 1. The van der Waals surface area contributed by atoms with Crippen molar-refractivity contribution in [2.45, 2.75) is 12.4 Å². The summed E-state index contributed by atoms with van der Waals surface area (Å²) in [6, 6.07) is 6.66. The Morgan fingerprint density at radius 1 is 0.897 bits per heavy atom. The van der Waals surface area contributed by atoms with Crippen molar-refractivity contribution in [3.8, 4) is 6.07 Å². The molecule has 11 heteroatoms. The molecule has 0 unspecified atom stereocenters. The van der Waals surface area contributed by atoms with Crippen molar-refractivity contribution in [1.82, 2.24) is 0 Å². The molecule has 2 aromatic rings. The molecule has 0 radical (unpaired) electrons. The molecule has 2 N–H and O–H groups in total. The molecule has 4 nitrogen and oxygen atoms in total. The summed E-state index contributed by atoms with van der Waals surface area (Å²) in [4.78, 5) is 12.0. The van der Waals surface area contributed by atoms with Crippen LogP contribution < -0.4 is 10.6 Å². The molecule has 1 amide bonds. The van der Waals surface area contributed by atoms with Gasteiger partial charge in [-0.25, -0.2) is 4.39 Å². The number of carbonyl (C=O) groups excluding carboxylic acids is 1. The number of hydrogen-bond donors (Lipinski definition) is 2. The van der Waals surface area contributed by atoms with Gasteiger partial charge in [-0.05, 0) is 42.5 Å². The second-order valence-electron chi connectivity index (χ2n) is 5.57. The van der Waals surface area contributed by atoms with E-state index in [1.165, 1.54) is 18.2 Å². The van der Waals surface area contributed by atoms with E-state index in [0.29, 0.717) is 18.3 Å². The highest BCUT2D eigenvalue weighted by atomic mass is 19.4. The van der Waals surface area contributed by atoms with E-state index in [1.807, 2.05) is 0 Å². The number of rotatable bonds is 4. The number of halogens is 7. The van der Waals surface area contributed by atoms with Gasteiger partial charge in [-0.15, -0.1) is 0 Å². The predicted molar refractivity (Wildman–Crippen MR) is 88.8 cm³/mol.